The molecule has 0 aliphatic heterocycles. The van der Waals surface area contributed by atoms with Crippen molar-refractivity contribution < 1.29 is 9.90 Å². The van der Waals surface area contributed by atoms with E-state index in [1.54, 1.807) is 11.4 Å². The highest BCUT2D eigenvalue weighted by Gasteiger charge is 2.15. The van der Waals surface area contributed by atoms with Crippen LogP contribution in [0.2, 0.25) is 0 Å². The molecule has 2 N–H and O–H groups in total. The topological polar surface area (TPSA) is 79.5 Å². The van der Waals surface area contributed by atoms with E-state index in [1.807, 2.05) is 48.5 Å². The summed E-state index contributed by atoms with van der Waals surface area (Å²) in [6, 6.07) is 15.2. The number of nitrogens with zero attached hydrogens (tertiary/aromatic N) is 3. The molecule has 0 saturated carbocycles. The van der Waals surface area contributed by atoms with E-state index in [-0.39, 0.29) is 0 Å². The highest BCUT2D eigenvalue weighted by Crippen LogP contribution is 2.16. The number of anilines is 2. The van der Waals surface area contributed by atoms with Gasteiger partial charge in [-0.3, -0.25) is 4.79 Å². The second-order valence-corrected chi connectivity index (χ2v) is 5.16. The van der Waals surface area contributed by atoms with Crippen LogP contribution in [0.5, 0.6) is 0 Å². The minimum Gasteiger partial charge on any atom is -0.481 e. The Morgan fingerprint density at radius 1 is 1.23 bits per heavy atom. The predicted molar refractivity (Wildman–Crippen MR) is 83.2 cm³/mol. The van der Waals surface area contributed by atoms with Crippen molar-refractivity contribution >= 4 is 23.3 Å². The van der Waals surface area contributed by atoms with Crippen molar-refractivity contribution in [3.05, 3.63) is 54.2 Å². The van der Waals surface area contributed by atoms with Crippen LogP contribution in [0.15, 0.2) is 48.5 Å². The SMILES string of the molecule is CC(Cc1cccc2nc(Nc3ccccc3)nn12)C(=O)O. The maximum absolute atomic E-state index is 11.0. The molecule has 3 rings (SSSR count). The second kappa shape index (κ2) is 5.85. The summed E-state index contributed by atoms with van der Waals surface area (Å²) in [5, 5.41) is 16.6. The van der Waals surface area contributed by atoms with Crippen molar-refractivity contribution in [1.82, 2.24) is 14.6 Å². The Morgan fingerprint density at radius 2 is 2.00 bits per heavy atom. The Morgan fingerprint density at radius 3 is 2.73 bits per heavy atom. The molecular weight excluding hydrogens is 280 g/mol. The summed E-state index contributed by atoms with van der Waals surface area (Å²) in [7, 11) is 0. The van der Waals surface area contributed by atoms with Crippen molar-refractivity contribution in [3.8, 4) is 0 Å². The fourth-order valence-electron chi connectivity index (χ4n) is 2.22. The zero-order valence-electron chi connectivity index (χ0n) is 12.1. The normalized spacial score (nSPS) is 12.2. The third-order valence-corrected chi connectivity index (χ3v) is 3.40. The third-order valence-electron chi connectivity index (χ3n) is 3.40. The number of pyridine rings is 1. The van der Waals surface area contributed by atoms with Crippen LogP contribution in [0.1, 0.15) is 12.6 Å². The maximum atomic E-state index is 11.0. The van der Waals surface area contributed by atoms with E-state index in [9.17, 15) is 4.79 Å². The van der Waals surface area contributed by atoms with Crippen LogP contribution in [0.4, 0.5) is 11.6 Å². The number of aliphatic carboxylic acids is 1. The van der Waals surface area contributed by atoms with E-state index >= 15 is 0 Å². The lowest BCUT2D eigenvalue weighted by Crippen LogP contribution is -2.14. The number of hydrogen-bond donors (Lipinski definition) is 2. The molecule has 1 aromatic carbocycles. The summed E-state index contributed by atoms with van der Waals surface area (Å²) in [6.07, 6.45) is 0.404. The van der Waals surface area contributed by atoms with Crippen LogP contribution < -0.4 is 5.32 Å². The molecule has 112 valence electrons. The average Bonchev–Trinajstić information content (AvgIpc) is 2.91. The third kappa shape index (κ3) is 2.90. The molecule has 22 heavy (non-hydrogen) atoms. The van der Waals surface area contributed by atoms with Gasteiger partial charge in [-0.2, -0.15) is 4.98 Å². The molecule has 2 aromatic heterocycles. The van der Waals surface area contributed by atoms with Gasteiger partial charge in [0.15, 0.2) is 5.65 Å². The summed E-state index contributed by atoms with van der Waals surface area (Å²) < 4.78 is 1.69. The lowest BCUT2D eigenvalue weighted by molar-refractivity contribution is -0.141. The standard InChI is InChI=1S/C16H16N4O2/c1-11(15(21)22)10-13-8-5-9-14-18-16(19-20(13)14)17-12-6-3-2-4-7-12/h2-9,11H,10H2,1H3,(H,17,19)(H,21,22). The second-order valence-electron chi connectivity index (χ2n) is 5.16. The average molecular weight is 296 g/mol. The molecule has 1 atom stereocenters. The number of carbonyl (C=O) groups is 1. The molecule has 0 amide bonds. The number of benzene rings is 1. The number of aromatic nitrogens is 3. The molecule has 0 saturated heterocycles. The molecule has 0 bridgehead atoms. The molecule has 0 spiro atoms. The lowest BCUT2D eigenvalue weighted by atomic mass is 10.1. The molecule has 6 heteroatoms. The van der Waals surface area contributed by atoms with Gasteiger partial charge in [0.1, 0.15) is 0 Å². The molecular formula is C16H16N4O2. The van der Waals surface area contributed by atoms with E-state index in [0.29, 0.717) is 18.0 Å². The number of nitrogens with one attached hydrogen (secondary N) is 1. The van der Waals surface area contributed by atoms with Gasteiger partial charge in [0, 0.05) is 17.8 Å². The van der Waals surface area contributed by atoms with Crippen LogP contribution in [0.25, 0.3) is 5.65 Å². The highest BCUT2D eigenvalue weighted by atomic mass is 16.4. The Hall–Kier alpha value is -2.89. The Labute approximate surface area is 127 Å². The van der Waals surface area contributed by atoms with Crippen molar-refractivity contribution in [2.75, 3.05) is 5.32 Å². The minimum absolute atomic E-state index is 0.404. The van der Waals surface area contributed by atoms with Gasteiger partial charge in [-0.25, -0.2) is 4.52 Å². The molecule has 0 radical (unpaired) electrons. The number of carboxylic acids is 1. The predicted octanol–water partition coefficient (Wildman–Crippen LogP) is 2.74. The number of carboxylic acid groups (broad SMARTS) is 1. The molecule has 3 aromatic rings. The Kier molecular flexibility index (Phi) is 3.74. The summed E-state index contributed by atoms with van der Waals surface area (Å²) in [4.78, 5) is 15.4. The summed E-state index contributed by atoms with van der Waals surface area (Å²) >= 11 is 0. The number of fused-ring (bicyclic) bond motifs is 1. The van der Waals surface area contributed by atoms with Gasteiger partial charge in [-0.05, 0) is 24.3 Å². The lowest BCUT2D eigenvalue weighted by Gasteiger charge is -2.07. The van der Waals surface area contributed by atoms with Gasteiger partial charge in [0.25, 0.3) is 0 Å². The minimum atomic E-state index is -0.820. The first-order valence-electron chi connectivity index (χ1n) is 7.03. The molecule has 0 aliphatic carbocycles. The quantitative estimate of drug-likeness (QED) is 0.756. The van der Waals surface area contributed by atoms with E-state index < -0.39 is 11.9 Å². The van der Waals surface area contributed by atoms with Crippen LogP contribution in [-0.4, -0.2) is 25.7 Å². The zero-order valence-corrected chi connectivity index (χ0v) is 12.1. The molecule has 6 nitrogen and oxygen atoms in total. The van der Waals surface area contributed by atoms with Gasteiger partial charge in [-0.15, -0.1) is 5.10 Å². The largest absolute Gasteiger partial charge is 0.481 e. The van der Waals surface area contributed by atoms with E-state index in [4.69, 9.17) is 5.11 Å². The van der Waals surface area contributed by atoms with Crippen molar-refractivity contribution in [1.29, 1.82) is 0 Å². The molecule has 2 heterocycles. The first kappa shape index (κ1) is 14.1. The fraction of sp³-hybridized carbons (Fsp3) is 0.188. The highest BCUT2D eigenvalue weighted by molar-refractivity contribution is 5.69. The first-order valence-corrected chi connectivity index (χ1v) is 7.03. The van der Waals surface area contributed by atoms with Crippen molar-refractivity contribution in [2.45, 2.75) is 13.3 Å². The fourth-order valence-corrected chi connectivity index (χ4v) is 2.22. The van der Waals surface area contributed by atoms with Crippen molar-refractivity contribution in [3.63, 3.8) is 0 Å². The number of rotatable bonds is 5. The number of hydrogen-bond acceptors (Lipinski definition) is 4. The van der Waals surface area contributed by atoms with Crippen LogP contribution in [-0.2, 0) is 11.2 Å². The zero-order chi connectivity index (χ0) is 15.5. The summed E-state index contributed by atoms with van der Waals surface area (Å²) in [5.74, 6) is -0.804. The Balaban J connectivity index is 1.91. The first-order chi connectivity index (χ1) is 10.6. The summed E-state index contributed by atoms with van der Waals surface area (Å²) in [5.41, 5.74) is 2.41. The van der Waals surface area contributed by atoms with Crippen LogP contribution in [0.3, 0.4) is 0 Å². The van der Waals surface area contributed by atoms with Crippen LogP contribution in [0, 0.1) is 5.92 Å². The van der Waals surface area contributed by atoms with E-state index in [1.165, 1.54) is 0 Å². The van der Waals surface area contributed by atoms with E-state index in [2.05, 4.69) is 15.4 Å². The van der Waals surface area contributed by atoms with Gasteiger partial charge in [0.05, 0.1) is 5.92 Å². The molecule has 0 aliphatic rings. The molecule has 0 fully saturated rings. The summed E-state index contributed by atoms with van der Waals surface area (Å²) in [6.45, 7) is 1.68. The van der Waals surface area contributed by atoms with Gasteiger partial charge < -0.3 is 10.4 Å². The van der Waals surface area contributed by atoms with Gasteiger partial charge in [0.2, 0.25) is 5.95 Å². The molecule has 1 unspecified atom stereocenters. The van der Waals surface area contributed by atoms with Crippen LogP contribution >= 0.6 is 0 Å². The smallest absolute Gasteiger partial charge is 0.306 e. The number of para-hydroxylation sites is 1. The monoisotopic (exact) mass is 296 g/mol. The maximum Gasteiger partial charge on any atom is 0.306 e. The van der Waals surface area contributed by atoms with E-state index in [0.717, 1.165) is 11.4 Å². The van der Waals surface area contributed by atoms with Crippen molar-refractivity contribution in [2.24, 2.45) is 5.92 Å². The van der Waals surface area contributed by atoms with Gasteiger partial charge >= 0.3 is 5.97 Å². The Bertz CT molecular complexity index is 798. The van der Waals surface area contributed by atoms with Gasteiger partial charge in [-0.1, -0.05) is 31.2 Å².